The number of hydrogen-bond acceptors (Lipinski definition) is 4. The molecule has 0 atom stereocenters. The lowest BCUT2D eigenvalue weighted by Gasteiger charge is -2.31. The molecule has 2 aromatic carbocycles. The van der Waals surface area contributed by atoms with Crippen molar-refractivity contribution in [2.24, 2.45) is 5.92 Å². The minimum absolute atomic E-state index is 0.00687. The van der Waals surface area contributed by atoms with Crippen LogP contribution >= 0.6 is 0 Å². The summed E-state index contributed by atoms with van der Waals surface area (Å²) in [7, 11) is -3.33. The molecule has 1 N–H and O–H groups in total. The molecule has 6 nitrogen and oxygen atoms in total. The number of amides is 2. The average molecular weight is 415 g/mol. The maximum absolute atomic E-state index is 12.7. The Morgan fingerprint density at radius 3 is 2.34 bits per heavy atom. The number of likely N-dealkylation sites (tertiary alicyclic amines) is 1. The van der Waals surface area contributed by atoms with E-state index in [-0.39, 0.29) is 28.4 Å². The van der Waals surface area contributed by atoms with Crippen LogP contribution in [-0.2, 0) is 9.84 Å². The van der Waals surface area contributed by atoms with Gasteiger partial charge in [0.2, 0.25) is 0 Å². The van der Waals surface area contributed by atoms with Crippen LogP contribution in [0, 0.1) is 12.8 Å². The number of carbonyl (C=O) groups is 2. The van der Waals surface area contributed by atoms with Crippen LogP contribution in [0.5, 0.6) is 0 Å². The van der Waals surface area contributed by atoms with Gasteiger partial charge >= 0.3 is 6.03 Å². The van der Waals surface area contributed by atoms with E-state index in [2.05, 4.69) is 5.32 Å². The third-order valence-corrected chi connectivity index (χ3v) is 7.05. The van der Waals surface area contributed by atoms with Gasteiger partial charge in [0.25, 0.3) is 0 Å². The molecule has 1 aliphatic heterocycles. The van der Waals surface area contributed by atoms with Gasteiger partial charge in [-0.1, -0.05) is 42.8 Å². The van der Waals surface area contributed by atoms with E-state index in [1.54, 1.807) is 24.0 Å². The number of nitrogens with zero attached hydrogens (tertiary/aromatic N) is 1. The number of hydrogen-bond donors (Lipinski definition) is 1. The second kappa shape index (κ2) is 8.78. The molecule has 0 radical (unpaired) electrons. The maximum Gasteiger partial charge on any atom is 0.321 e. The van der Waals surface area contributed by atoms with Crippen LogP contribution in [0.4, 0.5) is 10.5 Å². The molecule has 3 rings (SSSR count). The summed E-state index contributed by atoms with van der Waals surface area (Å²) >= 11 is 0. The molecule has 0 unspecified atom stereocenters. The fourth-order valence-electron chi connectivity index (χ4n) is 3.43. The number of anilines is 1. The van der Waals surface area contributed by atoms with Crippen LogP contribution in [0.1, 0.15) is 35.7 Å². The van der Waals surface area contributed by atoms with Crippen molar-refractivity contribution in [1.29, 1.82) is 0 Å². The molecule has 0 aliphatic carbocycles. The van der Waals surface area contributed by atoms with E-state index in [1.165, 1.54) is 12.1 Å². The molecule has 1 aliphatic rings. The molecule has 0 aromatic heterocycles. The minimum atomic E-state index is -3.33. The molecule has 1 fully saturated rings. The van der Waals surface area contributed by atoms with Gasteiger partial charge in [0, 0.05) is 30.3 Å². The highest BCUT2D eigenvalue weighted by atomic mass is 32.2. The highest BCUT2D eigenvalue weighted by molar-refractivity contribution is 7.91. The van der Waals surface area contributed by atoms with Crippen molar-refractivity contribution in [1.82, 2.24) is 4.90 Å². The van der Waals surface area contributed by atoms with E-state index in [1.807, 2.05) is 31.2 Å². The van der Waals surface area contributed by atoms with Crippen molar-refractivity contribution in [3.8, 4) is 0 Å². The standard InChI is InChI=1S/C22H26N2O4S/c1-3-29(27,28)20-6-4-5-19(15-20)23-22(26)24-13-11-18(12-14-24)21(25)17-9-7-16(2)8-10-17/h4-10,15,18H,3,11-14H2,1-2H3,(H,23,26). The first-order valence-electron chi connectivity index (χ1n) is 9.80. The summed E-state index contributed by atoms with van der Waals surface area (Å²) in [6.45, 7) is 4.55. The van der Waals surface area contributed by atoms with Crippen molar-refractivity contribution in [3.05, 3.63) is 59.7 Å². The van der Waals surface area contributed by atoms with Gasteiger partial charge in [-0.05, 0) is 38.0 Å². The molecule has 1 saturated heterocycles. The zero-order chi connectivity index (χ0) is 21.0. The molecule has 2 aromatic rings. The van der Waals surface area contributed by atoms with Crippen LogP contribution in [0.25, 0.3) is 0 Å². The number of aryl methyl sites for hydroxylation is 1. The number of nitrogens with one attached hydrogen (secondary N) is 1. The number of urea groups is 1. The third-order valence-electron chi connectivity index (χ3n) is 5.31. The predicted molar refractivity (Wildman–Crippen MR) is 113 cm³/mol. The number of piperidine rings is 1. The number of ketones is 1. The van der Waals surface area contributed by atoms with Gasteiger partial charge in [-0.3, -0.25) is 4.79 Å². The average Bonchev–Trinajstić information content (AvgIpc) is 2.74. The largest absolute Gasteiger partial charge is 0.324 e. The van der Waals surface area contributed by atoms with Crippen molar-refractivity contribution < 1.29 is 18.0 Å². The quantitative estimate of drug-likeness (QED) is 0.752. The Balaban J connectivity index is 1.58. The van der Waals surface area contributed by atoms with Gasteiger partial charge in [0.05, 0.1) is 10.6 Å². The van der Waals surface area contributed by atoms with Gasteiger partial charge in [0.1, 0.15) is 0 Å². The summed E-state index contributed by atoms with van der Waals surface area (Å²) in [4.78, 5) is 27.1. The molecular formula is C22H26N2O4S. The van der Waals surface area contributed by atoms with E-state index in [0.29, 0.717) is 37.2 Å². The molecule has 0 saturated carbocycles. The summed E-state index contributed by atoms with van der Waals surface area (Å²) in [5.74, 6) is 0.0507. The van der Waals surface area contributed by atoms with Crippen LogP contribution in [0.3, 0.4) is 0 Å². The van der Waals surface area contributed by atoms with Gasteiger partial charge in [-0.2, -0.15) is 0 Å². The monoisotopic (exact) mass is 414 g/mol. The third kappa shape index (κ3) is 5.03. The lowest BCUT2D eigenvalue weighted by atomic mass is 9.89. The summed E-state index contributed by atoms with van der Waals surface area (Å²) in [5.41, 5.74) is 2.28. The molecule has 0 bridgehead atoms. The highest BCUT2D eigenvalue weighted by Gasteiger charge is 2.28. The normalized spacial score (nSPS) is 15.2. The summed E-state index contributed by atoms with van der Waals surface area (Å²) in [6.07, 6.45) is 1.23. The molecule has 0 spiro atoms. The molecule has 154 valence electrons. The molecule has 7 heteroatoms. The van der Waals surface area contributed by atoms with E-state index in [9.17, 15) is 18.0 Å². The fourth-order valence-corrected chi connectivity index (χ4v) is 4.36. The maximum atomic E-state index is 12.7. The molecule has 29 heavy (non-hydrogen) atoms. The fraction of sp³-hybridized carbons (Fsp3) is 0.364. The highest BCUT2D eigenvalue weighted by Crippen LogP contribution is 2.23. The molecular weight excluding hydrogens is 388 g/mol. The predicted octanol–water partition coefficient (Wildman–Crippen LogP) is 3.92. The Labute approximate surface area is 171 Å². The van der Waals surface area contributed by atoms with Crippen molar-refractivity contribution in [2.45, 2.75) is 31.6 Å². The molecule has 2 amide bonds. The van der Waals surface area contributed by atoms with E-state index in [0.717, 1.165) is 5.56 Å². The van der Waals surface area contributed by atoms with Gasteiger partial charge in [-0.15, -0.1) is 0 Å². The second-order valence-electron chi connectivity index (χ2n) is 7.35. The smallest absolute Gasteiger partial charge is 0.321 e. The Morgan fingerprint density at radius 1 is 1.07 bits per heavy atom. The number of benzene rings is 2. The summed E-state index contributed by atoms with van der Waals surface area (Å²) in [5, 5.41) is 2.77. The van der Waals surface area contributed by atoms with Crippen LogP contribution in [-0.4, -0.2) is 44.0 Å². The van der Waals surface area contributed by atoms with E-state index >= 15 is 0 Å². The minimum Gasteiger partial charge on any atom is -0.324 e. The van der Waals surface area contributed by atoms with Gasteiger partial charge < -0.3 is 10.2 Å². The van der Waals surface area contributed by atoms with Crippen LogP contribution in [0.2, 0.25) is 0 Å². The Morgan fingerprint density at radius 2 is 1.72 bits per heavy atom. The first-order chi connectivity index (χ1) is 13.8. The number of rotatable bonds is 5. The van der Waals surface area contributed by atoms with E-state index in [4.69, 9.17) is 0 Å². The Kier molecular flexibility index (Phi) is 6.37. The molecule has 1 heterocycles. The topological polar surface area (TPSA) is 83.6 Å². The number of carbonyl (C=O) groups excluding carboxylic acids is 2. The van der Waals surface area contributed by atoms with Crippen molar-refractivity contribution in [3.63, 3.8) is 0 Å². The van der Waals surface area contributed by atoms with Gasteiger partial charge in [0.15, 0.2) is 15.6 Å². The lowest BCUT2D eigenvalue weighted by Crippen LogP contribution is -2.42. The Hall–Kier alpha value is -2.67. The van der Waals surface area contributed by atoms with Crippen LogP contribution < -0.4 is 5.32 Å². The lowest BCUT2D eigenvalue weighted by molar-refractivity contribution is 0.0859. The summed E-state index contributed by atoms with van der Waals surface area (Å²) < 4.78 is 24.0. The van der Waals surface area contributed by atoms with Gasteiger partial charge in [-0.25, -0.2) is 13.2 Å². The summed E-state index contributed by atoms with van der Waals surface area (Å²) in [6, 6.07) is 13.6. The zero-order valence-corrected chi connectivity index (χ0v) is 17.5. The van der Waals surface area contributed by atoms with Crippen LogP contribution in [0.15, 0.2) is 53.4 Å². The zero-order valence-electron chi connectivity index (χ0n) is 16.7. The number of Topliss-reactive ketones (excluding diaryl/α,β-unsaturated/α-hetero) is 1. The first-order valence-corrected chi connectivity index (χ1v) is 11.4. The van der Waals surface area contributed by atoms with E-state index < -0.39 is 9.84 Å². The van der Waals surface area contributed by atoms with Crippen molar-refractivity contribution >= 4 is 27.3 Å². The second-order valence-corrected chi connectivity index (χ2v) is 9.63. The van der Waals surface area contributed by atoms with Crippen molar-refractivity contribution in [2.75, 3.05) is 24.2 Å². The first kappa shape index (κ1) is 21.0. The number of sulfone groups is 1. The Bertz CT molecular complexity index is 992. The SMILES string of the molecule is CCS(=O)(=O)c1cccc(NC(=O)N2CCC(C(=O)c3ccc(C)cc3)CC2)c1.